The lowest BCUT2D eigenvalue weighted by Gasteiger charge is -2.12. The summed E-state index contributed by atoms with van der Waals surface area (Å²) in [4.78, 5) is 31.9. The molecule has 12 heteroatoms. The quantitative estimate of drug-likeness (QED) is 0.299. The van der Waals surface area contributed by atoms with Crippen LogP contribution in [0.25, 0.3) is 11.0 Å². The molecule has 5 aromatic rings. The molecule has 4 heterocycles. The first-order valence-corrected chi connectivity index (χ1v) is 12.4. The molecule has 40 heavy (non-hydrogen) atoms. The van der Waals surface area contributed by atoms with Gasteiger partial charge in [-0.05, 0) is 48.2 Å². The van der Waals surface area contributed by atoms with Gasteiger partial charge in [0.05, 0.1) is 19.3 Å². The van der Waals surface area contributed by atoms with Crippen molar-refractivity contribution in [2.24, 2.45) is 0 Å². The minimum atomic E-state index is -4.83. The molecule has 1 aromatic carbocycles. The molecule has 4 aromatic heterocycles. The van der Waals surface area contributed by atoms with E-state index >= 15 is 0 Å². The van der Waals surface area contributed by atoms with E-state index in [1.165, 1.54) is 6.07 Å². The van der Waals surface area contributed by atoms with E-state index in [-0.39, 0.29) is 18.6 Å². The first kappa shape index (κ1) is 26.7. The van der Waals surface area contributed by atoms with Gasteiger partial charge >= 0.3 is 12.3 Å². The van der Waals surface area contributed by atoms with Crippen LogP contribution < -0.4 is 15.6 Å². The van der Waals surface area contributed by atoms with Gasteiger partial charge in [0.25, 0.3) is 5.56 Å². The molecule has 0 aliphatic heterocycles. The number of aryl methyl sites for hydroxylation is 2. The lowest BCUT2D eigenvalue weighted by atomic mass is 10.1. The van der Waals surface area contributed by atoms with E-state index < -0.39 is 23.7 Å². The van der Waals surface area contributed by atoms with Gasteiger partial charge in [-0.1, -0.05) is 30.3 Å². The summed E-state index contributed by atoms with van der Waals surface area (Å²) < 4.78 is 48.7. The number of aromatic nitrogens is 5. The van der Waals surface area contributed by atoms with Gasteiger partial charge in [-0.2, -0.15) is 18.3 Å². The molecule has 206 valence electrons. The normalized spacial score (nSPS) is 11.6. The predicted molar refractivity (Wildman–Crippen MR) is 141 cm³/mol. The Hall–Kier alpha value is -4.87. The highest BCUT2D eigenvalue weighted by Crippen LogP contribution is 2.35. The zero-order valence-electron chi connectivity index (χ0n) is 21.6. The maximum Gasteiger partial charge on any atom is 0.438 e. The number of nitrogens with one attached hydrogen (secondary N) is 2. The summed E-state index contributed by atoms with van der Waals surface area (Å²) in [5.74, 6) is -0.697. The van der Waals surface area contributed by atoms with Crippen LogP contribution >= 0.6 is 0 Å². The number of halogens is 3. The van der Waals surface area contributed by atoms with E-state index in [0.717, 1.165) is 33.0 Å². The third-order valence-corrected chi connectivity index (χ3v) is 6.53. The maximum atomic E-state index is 13.7. The zero-order valence-corrected chi connectivity index (χ0v) is 21.6. The number of benzene rings is 1. The van der Waals surface area contributed by atoms with Crippen LogP contribution in [-0.4, -0.2) is 30.4 Å². The molecule has 0 saturated heterocycles. The fourth-order valence-corrected chi connectivity index (χ4v) is 4.46. The smallest absolute Gasteiger partial charge is 0.406 e. The Bertz CT molecular complexity index is 1740. The van der Waals surface area contributed by atoms with Crippen LogP contribution in [0.15, 0.2) is 71.9 Å². The van der Waals surface area contributed by atoms with Crippen LogP contribution in [0.1, 0.15) is 33.6 Å². The van der Waals surface area contributed by atoms with Crippen molar-refractivity contribution in [3.63, 3.8) is 0 Å². The Morgan fingerprint density at radius 2 is 1.77 bits per heavy atom. The summed E-state index contributed by atoms with van der Waals surface area (Å²) >= 11 is 0. The first-order valence-electron chi connectivity index (χ1n) is 12.4. The summed E-state index contributed by atoms with van der Waals surface area (Å²) in [6.07, 6.45) is -1.39. The summed E-state index contributed by atoms with van der Waals surface area (Å²) in [5.41, 5.74) is 3.13. The maximum absolute atomic E-state index is 13.7. The molecule has 0 aliphatic rings. The molecular formula is C28H25F3N6O3. The van der Waals surface area contributed by atoms with Gasteiger partial charge in [0.15, 0.2) is 5.75 Å². The first-order chi connectivity index (χ1) is 19.1. The van der Waals surface area contributed by atoms with Crippen molar-refractivity contribution >= 4 is 17.1 Å². The Kier molecular flexibility index (Phi) is 7.16. The van der Waals surface area contributed by atoms with Crippen molar-refractivity contribution in [2.45, 2.75) is 39.7 Å². The van der Waals surface area contributed by atoms with Crippen molar-refractivity contribution in [3.8, 4) is 5.75 Å². The molecule has 2 N–H and O–H groups in total. The van der Waals surface area contributed by atoms with E-state index in [9.17, 15) is 22.8 Å². The van der Waals surface area contributed by atoms with Gasteiger partial charge in [-0.25, -0.2) is 9.78 Å². The fraction of sp³-hybridized carbons (Fsp3) is 0.214. The van der Waals surface area contributed by atoms with Gasteiger partial charge in [-0.15, -0.1) is 0 Å². The van der Waals surface area contributed by atoms with E-state index in [4.69, 9.17) is 4.74 Å². The van der Waals surface area contributed by atoms with Gasteiger partial charge in [0.1, 0.15) is 5.65 Å². The van der Waals surface area contributed by atoms with Crippen LogP contribution in [0, 0.1) is 13.8 Å². The number of nitrogens with zero attached hydrogens (tertiary/aromatic N) is 4. The molecular weight excluding hydrogens is 525 g/mol. The van der Waals surface area contributed by atoms with Crippen LogP contribution in [-0.2, 0) is 25.8 Å². The number of alkyl halides is 3. The third-order valence-electron chi connectivity index (χ3n) is 6.53. The van der Waals surface area contributed by atoms with Crippen molar-refractivity contribution < 1.29 is 22.7 Å². The number of carbonyl (C=O) groups is 1. The van der Waals surface area contributed by atoms with E-state index in [0.29, 0.717) is 23.4 Å². The Morgan fingerprint density at radius 1 is 1.05 bits per heavy atom. The summed E-state index contributed by atoms with van der Waals surface area (Å²) in [6, 6.07) is 13.8. The van der Waals surface area contributed by atoms with Crippen molar-refractivity contribution in [1.82, 2.24) is 29.6 Å². The number of carbonyl (C=O) groups excluding carboxylic acids is 1. The average molecular weight is 551 g/mol. The standard InChI is InChI=1S/C28H25F3N6O3/c1-17-21-10-11-32-26(21)34-18(2)22(17)13-33-27(39)40-23-16-37(35-25(23)28(29,30)31)15-20-8-6-19(7-9-20)14-36-12-4-3-5-24(36)38/h3-12,16H,13-15H2,1-2H3,(H,32,34)(H,33,39). The van der Waals surface area contributed by atoms with Crippen LogP contribution in [0.4, 0.5) is 18.0 Å². The fourth-order valence-electron chi connectivity index (χ4n) is 4.46. The lowest BCUT2D eigenvalue weighted by Crippen LogP contribution is -2.27. The molecule has 0 unspecified atom stereocenters. The average Bonchev–Trinajstić information content (AvgIpc) is 3.53. The monoisotopic (exact) mass is 550 g/mol. The molecule has 0 aliphatic carbocycles. The Labute approximate surface area is 226 Å². The van der Waals surface area contributed by atoms with Crippen molar-refractivity contribution in [3.05, 3.63) is 111 Å². The molecule has 0 radical (unpaired) electrons. The lowest BCUT2D eigenvalue weighted by molar-refractivity contribution is -0.142. The highest BCUT2D eigenvalue weighted by molar-refractivity contribution is 5.81. The number of pyridine rings is 2. The number of ether oxygens (including phenoxy) is 1. The third kappa shape index (κ3) is 5.75. The predicted octanol–water partition coefficient (Wildman–Crippen LogP) is 4.94. The minimum Gasteiger partial charge on any atom is -0.406 e. The van der Waals surface area contributed by atoms with Crippen LogP contribution in [0.2, 0.25) is 0 Å². The molecule has 0 saturated carbocycles. The van der Waals surface area contributed by atoms with Gasteiger partial charge in [0, 0.05) is 36.1 Å². The number of H-pyrrole nitrogens is 1. The minimum absolute atomic E-state index is 0.0142. The van der Waals surface area contributed by atoms with E-state index in [1.807, 2.05) is 13.0 Å². The molecule has 5 rings (SSSR count). The van der Waals surface area contributed by atoms with Gasteiger partial charge < -0.3 is 19.6 Å². The van der Waals surface area contributed by atoms with Crippen molar-refractivity contribution in [1.29, 1.82) is 0 Å². The Morgan fingerprint density at radius 3 is 2.48 bits per heavy atom. The molecule has 0 spiro atoms. The molecule has 9 nitrogen and oxygen atoms in total. The summed E-state index contributed by atoms with van der Waals surface area (Å²) in [6.45, 7) is 4.08. The zero-order chi connectivity index (χ0) is 28.4. The highest BCUT2D eigenvalue weighted by Gasteiger charge is 2.39. The number of rotatable bonds is 7. The van der Waals surface area contributed by atoms with Gasteiger partial charge in [-0.3, -0.25) is 9.48 Å². The molecule has 1 amide bonds. The molecule has 0 atom stereocenters. The Balaban J connectivity index is 1.27. The number of fused-ring (bicyclic) bond motifs is 1. The number of hydrogen-bond donors (Lipinski definition) is 2. The second kappa shape index (κ2) is 10.7. The second-order valence-corrected chi connectivity index (χ2v) is 9.30. The largest absolute Gasteiger partial charge is 0.438 e. The molecule has 0 fully saturated rings. The second-order valence-electron chi connectivity index (χ2n) is 9.30. The molecule has 0 bridgehead atoms. The van der Waals surface area contributed by atoms with Crippen LogP contribution in [0.5, 0.6) is 5.75 Å². The van der Waals surface area contributed by atoms with Crippen LogP contribution in [0.3, 0.4) is 0 Å². The van der Waals surface area contributed by atoms with Gasteiger partial charge in [0.2, 0.25) is 5.69 Å². The number of amides is 1. The summed E-state index contributed by atoms with van der Waals surface area (Å²) in [5, 5.41) is 7.04. The highest BCUT2D eigenvalue weighted by atomic mass is 19.4. The number of hydrogen-bond acceptors (Lipinski definition) is 5. The van der Waals surface area contributed by atoms with E-state index in [1.54, 1.807) is 60.3 Å². The van der Waals surface area contributed by atoms with Crippen molar-refractivity contribution in [2.75, 3.05) is 0 Å². The van der Waals surface area contributed by atoms with E-state index in [2.05, 4.69) is 20.4 Å². The topological polar surface area (TPSA) is 107 Å². The number of aromatic amines is 1. The summed E-state index contributed by atoms with van der Waals surface area (Å²) in [7, 11) is 0. The SMILES string of the molecule is Cc1nc2[nH]ccc2c(C)c1CNC(=O)Oc1cn(Cc2ccc(Cn3ccccc3=O)cc2)nc1C(F)(F)F.